The van der Waals surface area contributed by atoms with Gasteiger partial charge in [0.1, 0.15) is 0 Å². The Kier molecular flexibility index (Phi) is 2.41. The number of hydrogen-bond acceptors (Lipinski definition) is 3. The molecule has 2 unspecified atom stereocenters. The van der Waals surface area contributed by atoms with Gasteiger partial charge in [-0.2, -0.15) is 0 Å². The minimum Gasteiger partial charge on any atom is -0.378 e. The van der Waals surface area contributed by atoms with Gasteiger partial charge in [0.05, 0.1) is 36.0 Å². The predicted molar refractivity (Wildman–Crippen MR) is 69.1 cm³/mol. The molecule has 90 valence electrons. The van der Waals surface area contributed by atoms with Crippen molar-refractivity contribution in [2.75, 3.05) is 23.8 Å². The van der Waals surface area contributed by atoms with Crippen molar-refractivity contribution in [3.05, 3.63) is 22.7 Å². The van der Waals surface area contributed by atoms with Gasteiger partial charge in [-0.1, -0.05) is 15.9 Å². The predicted octanol–water partition coefficient (Wildman–Crippen LogP) is 2.22. The van der Waals surface area contributed by atoms with Crippen LogP contribution in [-0.4, -0.2) is 25.2 Å². The topological polar surface area (TPSA) is 50.4 Å². The Morgan fingerprint density at radius 3 is 3.12 bits per heavy atom. The fourth-order valence-electron chi connectivity index (χ4n) is 2.30. The molecule has 2 aliphatic heterocycles. The number of anilines is 2. The van der Waals surface area contributed by atoms with Crippen molar-refractivity contribution in [3.63, 3.8) is 0 Å². The second kappa shape index (κ2) is 3.71. The second-order valence-electron chi connectivity index (χ2n) is 4.77. The number of carbonyl (C=O) groups excluding carboxylic acids is 1. The summed E-state index contributed by atoms with van der Waals surface area (Å²) in [5, 5.41) is 6.35. The highest BCUT2D eigenvalue weighted by atomic mass is 79.9. The van der Waals surface area contributed by atoms with Crippen molar-refractivity contribution in [1.29, 1.82) is 0 Å². The molecule has 0 spiro atoms. The molecule has 2 N–H and O–H groups in total. The van der Waals surface area contributed by atoms with Gasteiger partial charge < -0.3 is 15.4 Å². The minimum absolute atomic E-state index is 0.0179. The summed E-state index contributed by atoms with van der Waals surface area (Å²) in [5.41, 5.74) is 1.27. The normalized spacial score (nSPS) is 30.9. The van der Waals surface area contributed by atoms with Crippen LogP contribution in [0.2, 0.25) is 0 Å². The van der Waals surface area contributed by atoms with Crippen LogP contribution in [0.15, 0.2) is 22.7 Å². The lowest BCUT2D eigenvalue weighted by atomic mass is 9.84. The highest BCUT2D eigenvalue weighted by Gasteiger charge is 2.48. The number of nitrogens with one attached hydrogen (secondary N) is 2. The van der Waals surface area contributed by atoms with Gasteiger partial charge in [0.2, 0.25) is 5.91 Å². The molecule has 2 heterocycles. The highest BCUT2D eigenvalue weighted by molar-refractivity contribution is 9.10. The Hall–Kier alpha value is -1.07. The highest BCUT2D eigenvalue weighted by Crippen LogP contribution is 2.38. The van der Waals surface area contributed by atoms with Gasteiger partial charge in [0.15, 0.2) is 0 Å². The molecule has 0 saturated carbocycles. The van der Waals surface area contributed by atoms with E-state index in [-0.39, 0.29) is 11.9 Å². The molecule has 1 amide bonds. The van der Waals surface area contributed by atoms with Crippen LogP contribution in [0.4, 0.5) is 11.4 Å². The van der Waals surface area contributed by atoms with Gasteiger partial charge in [-0.3, -0.25) is 4.79 Å². The maximum Gasteiger partial charge on any atom is 0.234 e. The zero-order chi connectivity index (χ0) is 12.0. The van der Waals surface area contributed by atoms with E-state index in [1.165, 1.54) is 0 Å². The molecule has 5 heteroatoms. The summed E-state index contributed by atoms with van der Waals surface area (Å²) in [6.07, 6.45) is 0. The van der Waals surface area contributed by atoms with Crippen LogP contribution >= 0.6 is 15.9 Å². The van der Waals surface area contributed by atoms with Crippen LogP contribution in [0.25, 0.3) is 0 Å². The monoisotopic (exact) mass is 296 g/mol. The molecule has 17 heavy (non-hydrogen) atoms. The molecule has 0 aliphatic carbocycles. The number of fused-ring (bicyclic) bond motifs is 2. The Morgan fingerprint density at radius 2 is 2.29 bits per heavy atom. The van der Waals surface area contributed by atoms with Crippen LogP contribution < -0.4 is 10.6 Å². The van der Waals surface area contributed by atoms with E-state index in [0.29, 0.717) is 13.2 Å². The Morgan fingerprint density at radius 1 is 1.47 bits per heavy atom. The lowest BCUT2D eigenvalue weighted by Crippen LogP contribution is -2.44. The molecular formula is C12H13BrN2O2. The smallest absolute Gasteiger partial charge is 0.234 e. The third-order valence-electron chi connectivity index (χ3n) is 3.53. The van der Waals surface area contributed by atoms with Crippen LogP contribution in [0, 0.1) is 5.41 Å². The van der Waals surface area contributed by atoms with E-state index >= 15 is 0 Å². The lowest BCUT2D eigenvalue weighted by Gasteiger charge is -2.25. The van der Waals surface area contributed by atoms with Gasteiger partial charge in [0.25, 0.3) is 0 Å². The van der Waals surface area contributed by atoms with E-state index < -0.39 is 5.41 Å². The lowest BCUT2D eigenvalue weighted by molar-refractivity contribution is -0.124. The van der Waals surface area contributed by atoms with Crippen molar-refractivity contribution < 1.29 is 9.53 Å². The summed E-state index contributed by atoms with van der Waals surface area (Å²) in [5.74, 6) is 0.0179. The van der Waals surface area contributed by atoms with Crippen molar-refractivity contribution >= 4 is 33.2 Å². The van der Waals surface area contributed by atoms with Gasteiger partial charge in [-0.15, -0.1) is 0 Å². The molecule has 3 rings (SSSR count). The van der Waals surface area contributed by atoms with E-state index in [1.807, 2.05) is 25.1 Å². The standard InChI is InChI=1S/C12H13BrN2O2/c1-12-6-17-5-10(12)14-8-3-2-7(13)4-9(8)15-11(12)16/h2-4,10,14H,5-6H2,1H3,(H,15,16). The number of hydrogen-bond donors (Lipinski definition) is 2. The molecule has 1 saturated heterocycles. The summed E-state index contributed by atoms with van der Waals surface area (Å²) >= 11 is 3.41. The number of benzene rings is 1. The summed E-state index contributed by atoms with van der Waals surface area (Å²) in [6, 6.07) is 5.86. The Labute approximate surface area is 108 Å². The summed E-state index contributed by atoms with van der Waals surface area (Å²) in [7, 11) is 0. The molecule has 2 atom stereocenters. The zero-order valence-corrected chi connectivity index (χ0v) is 11.0. The molecule has 1 aromatic rings. The third-order valence-corrected chi connectivity index (χ3v) is 4.03. The van der Waals surface area contributed by atoms with Gasteiger partial charge in [-0.05, 0) is 25.1 Å². The first-order valence-corrected chi connectivity index (χ1v) is 6.34. The third kappa shape index (κ3) is 1.65. The first-order valence-electron chi connectivity index (χ1n) is 5.55. The maximum atomic E-state index is 12.2. The largest absolute Gasteiger partial charge is 0.378 e. The van der Waals surface area contributed by atoms with Crippen molar-refractivity contribution in [2.45, 2.75) is 13.0 Å². The molecular weight excluding hydrogens is 284 g/mol. The van der Waals surface area contributed by atoms with E-state index in [2.05, 4.69) is 26.6 Å². The number of halogens is 1. The average Bonchev–Trinajstić information content (AvgIpc) is 2.61. The quantitative estimate of drug-likeness (QED) is 0.772. The zero-order valence-electron chi connectivity index (χ0n) is 9.42. The van der Waals surface area contributed by atoms with Crippen LogP contribution in [0.3, 0.4) is 0 Å². The Balaban J connectivity index is 2.06. The molecule has 0 bridgehead atoms. The van der Waals surface area contributed by atoms with E-state index in [1.54, 1.807) is 0 Å². The van der Waals surface area contributed by atoms with E-state index in [9.17, 15) is 4.79 Å². The first-order chi connectivity index (χ1) is 8.09. The number of rotatable bonds is 0. The van der Waals surface area contributed by atoms with Gasteiger partial charge in [0, 0.05) is 4.47 Å². The molecule has 4 nitrogen and oxygen atoms in total. The number of ether oxygens (including phenoxy) is 1. The summed E-state index contributed by atoms with van der Waals surface area (Å²) in [6.45, 7) is 2.97. The molecule has 0 aromatic heterocycles. The molecule has 0 radical (unpaired) electrons. The minimum atomic E-state index is -0.495. The molecule has 1 fully saturated rings. The maximum absolute atomic E-state index is 12.2. The fourth-order valence-corrected chi connectivity index (χ4v) is 2.66. The summed E-state index contributed by atoms with van der Waals surface area (Å²) in [4.78, 5) is 12.2. The first kappa shape index (κ1) is 11.0. The number of amides is 1. The van der Waals surface area contributed by atoms with Crippen molar-refractivity contribution in [1.82, 2.24) is 0 Å². The van der Waals surface area contributed by atoms with E-state index in [4.69, 9.17) is 4.74 Å². The van der Waals surface area contributed by atoms with Gasteiger partial charge in [-0.25, -0.2) is 0 Å². The number of carbonyl (C=O) groups is 1. The SMILES string of the molecule is CC12COCC1Nc1ccc(Br)cc1NC2=O. The fraction of sp³-hybridized carbons (Fsp3) is 0.417. The van der Waals surface area contributed by atoms with Crippen LogP contribution in [-0.2, 0) is 9.53 Å². The van der Waals surface area contributed by atoms with Crippen molar-refractivity contribution in [2.24, 2.45) is 5.41 Å². The van der Waals surface area contributed by atoms with Crippen molar-refractivity contribution in [3.8, 4) is 0 Å². The average molecular weight is 297 g/mol. The Bertz CT molecular complexity index is 491. The summed E-state index contributed by atoms with van der Waals surface area (Å²) < 4.78 is 6.38. The molecule has 1 aromatic carbocycles. The van der Waals surface area contributed by atoms with Crippen LogP contribution in [0.5, 0.6) is 0 Å². The van der Waals surface area contributed by atoms with Crippen LogP contribution in [0.1, 0.15) is 6.92 Å². The van der Waals surface area contributed by atoms with E-state index in [0.717, 1.165) is 15.8 Å². The molecule has 2 aliphatic rings. The second-order valence-corrected chi connectivity index (χ2v) is 5.69. The van der Waals surface area contributed by atoms with Gasteiger partial charge >= 0.3 is 0 Å².